The van der Waals surface area contributed by atoms with Gasteiger partial charge in [0.05, 0.1) is 19.2 Å². The maximum Gasteiger partial charge on any atom is 0.305 e. The Kier molecular flexibility index (Phi) is 5.66. The van der Waals surface area contributed by atoms with Crippen molar-refractivity contribution in [1.82, 2.24) is 19.4 Å². The molecule has 1 aromatic rings. The van der Waals surface area contributed by atoms with Crippen molar-refractivity contribution >= 4 is 16.0 Å². The number of aromatic nitrogens is 2. The van der Waals surface area contributed by atoms with Crippen LogP contribution in [0.2, 0.25) is 0 Å². The molecule has 0 aromatic carbocycles. The fourth-order valence-corrected chi connectivity index (χ4v) is 2.92. The number of nitrogens with zero attached hydrogens (tertiary/aromatic N) is 3. The van der Waals surface area contributed by atoms with Gasteiger partial charge >= 0.3 is 5.97 Å². The van der Waals surface area contributed by atoms with Gasteiger partial charge in [-0.25, -0.2) is 13.1 Å². The molecule has 9 heteroatoms. The standard InChI is InChI=1S/C11H20N4O4S/c1-9(7-14(2)3)13-20(18,19)10-6-12-15(8-10)5-4-11(16)17/h6,8-9,13H,4-5,7H2,1-3H3,(H,16,17). The van der Waals surface area contributed by atoms with Crippen LogP contribution in [0, 0.1) is 0 Å². The number of sulfonamides is 1. The van der Waals surface area contributed by atoms with Crippen LogP contribution in [0.5, 0.6) is 0 Å². The molecule has 1 unspecified atom stereocenters. The molecular formula is C11H20N4O4S. The Morgan fingerprint density at radius 3 is 2.75 bits per heavy atom. The van der Waals surface area contributed by atoms with Gasteiger partial charge < -0.3 is 10.0 Å². The Balaban J connectivity index is 2.70. The van der Waals surface area contributed by atoms with E-state index in [4.69, 9.17) is 5.11 Å². The van der Waals surface area contributed by atoms with E-state index in [0.29, 0.717) is 6.54 Å². The van der Waals surface area contributed by atoms with Gasteiger partial charge in [-0.2, -0.15) is 5.10 Å². The third-order valence-corrected chi connectivity index (χ3v) is 4.01. The molecule has 0 amide bonds. The Hall–Kier alpha value is -1.45. The van der Waals surface area contributed by atoms with Crippen LogP contribution >= 0.6 is 0 Å². The first-order valence-electron chi connectivity index (χ1n) is 6.12. The van der Waals surface area contributed by atoms with Gasteiger partial charge in [-0.3, -0.25) is 9.48 Å². The van der Waals surface area contributed by atoms with Crippen LogP contribution in [0.25, 0.3) is 0 Å². The molecule has 0 spiro atoms. The summed E-state index contributed by atoms with van der Waals surface area (Å²) in [5.74, 6) is -0.956. The Morgan fingerprint density at radius 1 is 1.55 bits per heavy atom. The molecule has 0 saturated carbocycles. The van der Waals surface area contributed by atoms with Crippen LogP contribution in [0.15, 0.2) is 17.3 Å². The van der Waals surface area contributed by atoms with Gasteiger partial charge in [0.15, 0.2) is 0 Å². The number of hydrogen-bond donors (Lipinski definition) is 2. The first-order valence-corrected chi connectivity index (χ1v) is 7.60. The van der Waals surface area contributed by atoms with E-state index in [1.165, 1.54) is 17.1 Å². The molecule has 0 radical (unpaired) electrons. The molecule has 1 heterocycles. The van der Waals surface area contributed by atoms with Crippen LogP contribution in [0.1, 0.15) is 13.3 Å². The summed E-state index contributed by atoms with van der Waals surface area (Å²) in [5.41, 5.74) is 0. The fraction of sp³-hybridized carbons (Fsp3) is 0.636. The first kappa shape index (κ1) is 16.6. The smallest absolute Gasteiger partial charge is 0.305 e. The number of carbonyl (C=O) groups is 1. The van der Waals surface area contributed by atoms with E-state index >= 15 is 0 Å². The second-order valence-corrected chi connectivity index (χ2v) is 6.58. The monoisotopic (exact) mass is 304 g/mol. The third-order valence-electron chi connectivity index (χ3n) is 2.47. The van der Waals surface area contributed by atoms with E-state index < -0.39 is 16.0 Å². The number of hydrogen-bond acceptors (Lipinski definition) is 5. The lowest BCUT2D eigenvalue weighted by Crippen LogP contribution is -2.39. The predicted octanol–water partition coefficient (Wildman–Crippen LogP) is -0.414. The zero-order valence-electron chi connectivity index (χ0n) is 11.8. The number of rotatable bonds is 8. The molecule has 1 rings (SSSR count). The van der Waals surface area contributed by atoms with Crippen LogP contribution < -0.4 is 4.72 Å². The Labute approximate surface area is 118 Å². The van der Waals surface area contributed by atoms with Gasteiger partial charge in [-0.15, -0.1) is 0 Å². The quantitative estimate of drug-likeness (QED) is 0.676. The van der Waals surface area contributed by atoms with E-state index in [0.717, 1.165) is 0 Å². The van der Waals surface area contributed by atoms with Crippen molar-refractivity contribution in [2.24, 2.45) is 0 Å². The van der Waals surface area contributed by atoms with Gasteiger partial charge in [0.1, 0.15) is 4.90 Å². The summed E-state index contributed by atoms with van der Waals surface area (Å²) in [6, 6.07) is -0.239. The highest BCUT2D eigenvalue weighted by Gasteiger charge is 2.19. The highest BCUT2D eigenvalue weighted by atomic mass is 32.2. The summed E-state index contributed by atoms with van der Waals surface area (Å²) in [6.45, 7) is 2.48. The van der Waals surface area contributed by atoms with Crippen LogP contribution in [0.3, 0.4) is 0 Å². The molecule has 20 heavy (non-hydrogen) atoms. The Morgan fingerprint density at radius 2 is 2.20 bits per heavy atom. The largest absolute Gasteiger partial charge is 0.481 e. The summed E-state index contributed by atoms with van der Waals surface area (Å²) in [5, 5.41) is 12.4. The van der Waals surface area contributed by atoms with Gasteiger partial charge in [-0.1, -0.05) is 0 Å². The molecule has 8 nitrogen and oxygen atoms in total. The average Bonchev–Trinajstić information content (AvgIpc) is 2.73. The van der Waals surface area contributed by atoms with Crippen LogP contribution in [-0.2, 0) is 21.4 Å². The third kappa shape index (κ3) is 5.27. The molecule has 0 aliphatic carbocycles. The number of carboxylic acid groups (broad SMARTS) is 1. The molecule has 0 saturated heterocycles. The fourth-order valence-electron chi connectivity index (χ4n) is 1.73. The molecule has 0 aliphatic rings. The molecular weight excluding hydrogens is 284 g/mol. The van der Waals surface area contributed by atoms with Gasteiger partial charge in [0.25, 0.3) is 0 Å². The maximum atomic E-state index is 12.1. The summed E-state index contributed by atoms with van der Waals surface area (Å²) in [4.78, 5) is 12.4. The number of nitrogens with one attached hydrogen (secondary N) is 1. The van der Waals surface area contributed by atoms with Gasteiger partial charge in [0, 0.05) is 18.8 Å². The van der Waals surface area contributed by atoms with Crippen LogP contribution in [-0.4, -0.2) is 60.9 Å². The zero-order chi connectivity index (χ0) is 15.3. The summed E-state index contributed by atoms with van der Waals surface area (Å²) in [7, 11) is 0.0815. The normalized spacial score (nSPS) is 13.6. The topological polar surface area (TPSA) is 105 Å². The lowest BCUT2D eigenvalue weighted by Gasteiger charge is -2.17. The zero-order valence-corrected chi connectivity index (χ0v) is 12.6. The molecule has 0 fully saturated rings. The average molecular weight is 304 g/mol. The van der Waals surface area contributed by atoms with Crippen molar-refractivity contribution in [3.63, 3.8) is 0 Å². The lowest BCUT2D eigenvalue weighted by atomic mass is 10.3. The molecule has 0 aliphatic heterocycles. The number of aliphatic carboxylic acids is 1. The minimum Gasteiger partial charge on any atom is -0.481 e. The minimum atomic E-state index is -3.63. The molecule has 1 aromatic heterocycles. The maximum absolute atomic E-state index is 12.1. The van der Waals surface area contributed by atoms with Crippen molar-refractivity contribution in [3.8, 4) is 0 Å². The van der Waals surface area contributed by atoms with Gasteiger partial charge in [0.2, 0.25) is 10.0 Å². The van der Waals surface area contributed by atoms with Crippen molar-refractivity contribution in [2.45, 2.75) is 30.8 Å². The highest BCUT2D eigenvalue weighted by molar-refractivity contribution is 7.89. The Bertz CT molecular complexity index is 553. The van der Waals surface area contributed by atoms with Crippen molar-refractivity contribution in [1.29, 1.82) is 0 Å². The van der Waals surface area contributed by atoms with Crippen LogP contribution in [0.4, 0.5) is 0 Å². The van der Waals surface area contributed by atoms with E-state index in [1.807, 2.05) is 19.0 Å². The number of aryl methyl sites for hydroxylation is 1. The SMILES string of the molecule is CC(CN(C)C)NS(=O)(=O)c1cnn(CCC(=O)O)c1. The lowest BCUT2D eigenvalue weighted by molar-refractivity contribution is -0.137. The van der Waals surface area contributed by atoms with Crippen molar-refractivity contribution < 1.29 is 18.3 Å². The van der Waals surface area contributed by atoms with E-state index in [-0.39, 0.29) is 23.9 Å². The molecule has 0 bridgehead atoms. The summed E-state index contributed by atoms with van der Waals surface area (Å²) >= 11 is 0. The van der Waals surface area contributed by atoms with Crippen molar-refractivity contribution in [2.75, 3.05) is 20.6 Å². The van der Waals surface area contributed by atoms with Crippen molar-refractivity contribution in [3.05, 3.63) is 12.4 Å². The summed E-state index contributed by atoms with van der Waals surface area (Å²) in [6.07, 6.45) is 2.44. The predicted molar refractivity (Wildman–Crippen MR) is 72.8 cm³/mol. The first-order chi connectivity index (χ1) is 9.20. The van der Waals surface area contributed by atoms with Gasteiger partial charge in [-0.05, 0) is 21.0 Å². The second-order valence-electron chi connectivity index (χ2n) is 4.87. The molecule has 1 atom stereocenters. The van der Waals surface area contributed by atoms with E-state index in [1.54, 1.807) is 6.92 Å². The second kappa shape index (κ2) is 6.82. The summed E-state index contributed by atoms with van der Waals surface area (Å²) < 4.78 is 28.0. The highest BCUT2D eigenvalue weighted by Crippen LogP contribution is 2.08. The molecule has 2 N–H and O–H groups in total. The number of likely N-dealkylation sites (N-methyl/N-ethyl adjacent to an activating group) is 1. The molecule has 114 valence electrons. The van der Waals surface area contributed by atoms with E-state index in [9.17, 15) is 13.2 Å². The minimum absolute atomic E-state index is 0.0356. The number of carboxylic acids is 1. The van der Waals surface area contributed by atoms with E-state index in [2.05, 4.69) is 9.82 Å².